The first-order valence-electron chi connectivity index (χ1n) is 6.61. The number of hydrogen-bond acceptors (Lipinski definition) is 4. The van der Waals surface area contributed by atoms with Crippen molar-refractivity contribution in [3.8, 4) is 0 Å². The van der Waals surface area contributed by atoms with E-state index < -0.39 is 11.9 Å². The van der Waals surface area contributed by atoms with Crippen LogP contribution in [0.15, 0.2) is 35.2 Å². The lowest BCUT2D eigenvalue weighted by Crippen LogP contribution is -2.47. The third-order valence-corrected chi connectivity index (χ3v) is 2.95. The van der Waals surface area contributed by atoms with Crippen LogP contribution in [0.1, 0.15) is 24.4 Å². The Labute approximate surface area is 122 Å². The van der Waals surface area contributed by atoms with Crippen molar-refractivity contribution >= 4 is 17.5 Å². The molecule has 0 aliphatic carbocycles. The van der Waals surface area contributed by atoms with Crippen LogP contribution in [0.25, 0.3) is 0 Å². The van der Waals surface area contributed by atoms with Gasteiger partial charge in [-0.25, -0.2) is 0 Å². The Balaban J connectivity index is 2.04. The van der Waals surface area contributed by atoms with Gasteiger partial charge in [0.15, 0.2) is 5.76 Å². The van der Waals surface area contributed by atoms with Crippen LogP contribution in [0.2, 0.25) is 0 Å². The highest BCUT2D eigenvalue weighted by Crippen LogP contribution is 2.10. The second kappa shape index (κ2) is 6.25. The fourth-order valence-electron chi connectivity index (χ4n) is 1.86. The molecule has 2 N–H and O–H groups in total. The molecule has 2 amide bonds. The molecular weight excluding hydrogens is 272 g/mol. The zero-order valence-electron chi connectivity index (χ0n) is 12.2. The van der Waals surface area contributed by atoms with Crippen LogP contribution in [0.4, 0.5) is 5.69 Å². The minimum atomic E-state index is -0.664. The smallest absolute Gasteiger partial charge is 0.287 e. The number of furan rings is 1. The zero-order chi connectivity index (χ0) is 15.4. The lowest BCUT2D eigenvalue weighted by molar-refractivity contribution is -0.118. The molecule has 1 unspecified atom stereocenters. The zero-order valence-corrected chi connectivity index (χ0v) is 12.2. The Morgan fingerprint density at radius 1 is 1.38 bits per heavy atom. The van der Waals surface area contributed by atoms with Gasteiger partial charge in [0, 0.05) is 13.2 Å². The molecule has 1 atom stereocenters. The van der Waals surface area contributed by atoms with Gasteiger partial charge in [0.25, 0.3) is 5.91 Å². The Hall–Kier alpha value is -2.57. The van der Waals surface area contributed by atoms with Crippen molar-refractivity contribution < 1.29 is 14.0 Å². The molecule has 2 aromatic heterocycles. The van der Waals surface area contributed by atoms with Gasteiger partial charge < -0.3 is 15.1 Å². The molecule has 0 bridgehead atoms. The first-order valence-corrected chi connectivity index (χ1v) is 6.61. The highest BCUT2D eigenvalue weighted by atomic mass is 16.3. The van der Waals surface area contributed by atoms with Gasteiger partial charge in [0.05, 0.1) is 18.1 Å². The number of amides is 2. The molecular formula is C14H18N4O3. The van der Waals surface area contributed by atoms with E-state index >= 15 is 0 Å². The van der Waals surface area contributed by atoms with Crippen molar-refractivity contribution in [2.75, 3.05) is 5.32 Å². The van der Waals surface area contributed by atoms with Gasteiger partial charge in [-0.05, 0) is 18.1 Å². The molecule has 7 heteroatoms. The number of rotatable bonds is 5. The molecule has 0 saturated carbocycles. The Morgan fingerprint density at radius 3 is 2.67 bits per heavy atom. The van der Waals surface area contributed by atoms with Crippen molar-refractivity contribution in [3.05, 3.63) is 36.5 Å². The predicted octanol–water partition coefficient (Wildman–Crippen LogP) is 1.41. The van der Waals surface area contributed by atoms with Gasteiger partial charge in [-0.3, -0.25) is 14.3 Å². The average molecular weight is 290 g/mol. The average Bonchev–Trinajstić information content (AvgIpc) is 3.06. The topological polar surface area (TPSA) is 89.2 Å². The molecule has 2 heterocycles. The molecule has 0 saturated heterocycles. The summed E-state index contributed by atoms with van der Waals surface area (Å²) in [5.41, 5.74) is 0.584. The van der Waals surface area contributed by atoms with E-state index in [1.54, 1.807) is 36.3 Å². The van der Waals surface area contributed by atoms with E-state index in [0.717, 1.165) is 0 Å². The van der Waals surface area contributed by atoms with Gasteiger partial charge in [0.1, 0.15) is 6.04 Å². The molecule has 0 spiro atoms. The lowest BCUT2D eigenvalue weighted by atomic mass is 10.0. The van der Waals surface area contributed by atoms with Crippen molar-refractivity contribution in [2.24, 2.45) is 13.0 Å². The highest BCUT2D eigenvalue weighted by Gasteiger charge is 2.25. The maximum Gasteiger partial charge on any atom is 0.287 e. The molecule has 0 aromatic carbocycles. The van der Waals surface area contributed by atoms with Gasteiger partial charge in [-0.1, -0.05) is 13.8 Å². The number of carbonyl (C=O) groups is 2. The predicted molar refractivity (Wildman–Crippen MR) is 76.6 cm³/mol. The van der Waals surface area contributed by atoms with Crippen LogP contribution in [-0.2, 0) is 11.8 Å². The minimum absolute atomic E-state index is 0.0689. The number of anilines is 1. The molecule has 112 valence electrons. The summed E-state index contributed by atoms with van der Waals surface area (Å²) < 4.78 is 6.60. The second-order valence-electron chi connectivity index (χ2n) is 5.06. The van der Waals surface area contributed by atoms with Crippen molar-refractivity contribution in [2.45, 2.75) is 19.9 Å². The molecule has 0 aliphatic rings. The summed E-state index contributed by atoms with van der Waals surface area (Å²) in [6, 6.07) is 2.50. The maximum atomic E-state index is 12.3. The van der Waals surface area contributed by atoms with E-state index in [1.165, 1.54) is 6.26 Å². The van der Waals surface area contributed by atoms with Crippen molar-refractivity contribution in [3.63, 3.8) is 0 Å². The molecule has 2 aromatic rings. The van der Waals surface area contributed by atoms with E-state index in [-0.39, 0.29) is 17.6 Å². The first-order chi connectivity index (χ1) is 9.97. The molecule has 7 nitrogen and oxygen atoms in total. The molecule has 0 fully saturated rings. The number of aryl methyl sites for hydroxylation is 1. The summed E-state index contributed by atoms with van der Waals surface area (Å²) in [6.45, 7) is 3.71. The Kier molecular flexibility index (Phi) is 4.42. The fraction of sp³-hybridized carbons (Fsp3) is 0.357. The monoisotopic (exact) mass is 290 g/mol. The number of nitrogens with zero attached hydrogens (tertiary/aromatic N) is 2. The van der Waals surface area contributed by atoms with Crippen LogP contribution < -0.4 is 10.6 Å². The van der Waals surface area contributed by atoms with Gasteiger partial charge in [0.2, 0.25) is 5.91 Å². The summed E-state index contributed by atoms with van der Waals surface area (Å²) in [7, 11) is 1.76. The van der Waals surface area contributed by atoms with E-state index in [0.29, 0.717) is 5.69 Å². The van der Waals surface area contributed by atoms with Crippen molar-refractivity contribution in [1.82, 2.24) is 15.1 Å². The third kappa shape index (κ3) is 3.71. The number of aromatic nitrogens is 2. The van der Waals surface area contributed by atoms with E-state index in [4.69, 9.17) is 4.42 Å². The van der Waals surface area contributed by atoms with Crippen LogP contribution >= 0.6 is 0 Å². The number of carbonyl (C=O) groups excluding carboxylic acids is 2. The first kappa shape index (κ1) is 14.8. The standard InChI is InChI=1S/C14H18N4O3/c1-9(2)12(17-13(19)11-5-4-6-21-11)14(20)16-10-7-15-18(3)8-10/h4-9,12H,1-3H3,(H,16,20)(H,17,19). The highest BCUT2D eigenvalue weighted by molar-refractivity contribution is 6.00. The van der Waals surface area contributed by atoms with Crippen LogP contribution in [0.3, 0.4) is 0 Å². The van der Waals surface area contributed by atoms with Crippen molar-refractivity contribution in [1.29, 1.82) is 0 Å². The fourth-order valence-corrected chi connectivity index (χ4v) is 1.86. The maximum absolute atomic E-state index is 12.3. The van der Waals surface area contributed by atoms with Crippen LogP contribution in [0, 0.1) is 5.92 Å². The Bertz CT molecular complexity index is 616. The molecule has 2 rings (SSSR count). The summed E-state index contributed by atoms with van der Waals surface area (Å²) in [4.78, 5) is 24.3. The summed E-state index contributed by atoms with van der Waals surface area (Å²) >= 11 is 0. The van der Waals surface area contributed by atoms with Gasteiger partial charge in [-0.15, -0.1) is 0 Å². The minimum Gasteiger partial charge on any atom is -0.459 e. The van der Waals surface area contributed by atoms with Crippen LogP contribution in [-0.4, -0.2) is 27.6 Å². The quantitative estimate of drug-likeness (QED) is 0.871. The summed E-state index contributed by atoms with van der Waals surface area (Å²) in [5, 5.41) is 9.38. The Morgan fingerprint density at radius 2 is 2.14 bits per heavy atom. The van der Waals surface area contributed by atoms with E-state index in [2.05, 4.69) is 15.7 Å². The number of hydrogen-bond donors (Lipinski definition) is 2. The lowest BCUT2D eigenvalue weighted by Gasteiger charge is -2.20. The number of nitrogens with one attached hydrogen (secondary N) is 2. The van der Waals surface area contributed by atoms with E-state index in [9.17, 15) is 9.59 Å². The van der Waals surface area contributed by atoms with Gasteiger partial charge in [-0.2, -0.15) is 5.10 Å². The summed E-state index contributed by atoms with van der Waals surface area (Å²) in [5.74, 6) is -0.603. The largest absolute Gasteiger partial charge is 0.459 e. The van der Waals surface area contributed by atoms with Crippen LogP contribution in [0.5, 0.6) is 0 Å². The van der Waals surface area contributed by atoms with E-state index in [1.807, 2.05) is 13.8 Å². The van der Waals surface area contributed by atoms with Gasteiger partial charge >= 0.3 is 0 Å². The molecule has 0 aliphatic heterocycles. The third-order valence-electron chi connectivity index (χ3n) is 2.95. The summed E-state index contributed by atoms with van der Waals surface area (Å²) in [6.07, 6.45) is 4.64. The second-order valence-corrected chi connectivity index (χ2v) is 5.06. The molecule has 0 radical (unpaired) electrons. The molecule has 21 heavy (non-hydrogen) atoms. The SMILES string of the molecule is CC(C)C(NC(=O)c1ccco1)C(=O)Nc1cnn(C)c1. The normalized spacial score (nSPS) is 12.2.